The Hall–Kier alpha value is 0.0900. The summed E-state index contributed by atoms with van der Waals surface area (Å²) in [5.41, 5.74) is 0.997. The zero-order valence-electron chi connectivity index (χ0n) is 10.7. The van der Waals surface area contributed by atoms with E-state index in [0.29, 0.717) is 15.9 Å². The fourth-order valence-corrected chi connectivity index (χ4v) is 4.34. The molecular formula is C12H17Br2NO2S. The van der Waals surface area contributed by atoms with Crippen LogP contribution in [0.15, 0.2) is 26.0 Å². The average Bonchev–Trinajstić information content (AvgIpc) is 2.30. The molecule has 0 N–H and O–H groups in total. The highest BCUT2D eigenvalue weighted by Gasteiger charge is 2.23. The number of benzene rings is 1. The third-order valence-electron chi connectivity index (χ3n) is 2.73. The summed E-state index contributed by atoms with van der Waals surface area (Å²) >= 11 is 6.70. The van der Waals surface area contributed by atoms with Crippen molar-refractivity contribution in [1.29, 1.82) is 0 Å². The monoisotopic (exact) mass is 397 g/mol. The van der Waals surface area contributed by atoms with Crippen molar-refractivity contribution in [2.45, 2.75) is 31.6 Å². The van der Waals surface area contributed by atoms with Gasteiger partial charge < -0.3 is 0 Å². The topological polar surface area (TPSA) is 37.4 Å². The predicted molar refractivity (Wildman–Crippen MR) is 81.3 cm³/mol. The third kappa shape index (κ3) is 3.56. The van der Waals surface area contributed by atoms with Crippen LogP contribution in [0, 0.1) is 6.92 Å². The molecule has 3 nitrogen and oxygen atoms in total. The van der Waals surface area contributed by atoms with Crippen molar-refractivity contribution in [1.82, 2.24) is 4.31 Å². The molecule has 1 aromatic carbocycles. The highest BCUT2D eigenvalue weighted by molar-refractivity contribution is 9.11. The summed E-state index contributed by atoms with van der Waals surface area (Å²) in [6.07, 6.45) is 1.83. The number of hydrogen-bond acceptors (Lipinski definition) is 2. The van der Waals surface area contributed by atoms with E-state index in [1.165, 1.54) is 4.31 Å². The number of unbranched alkanes of at least 4 members (excludes halogenated alkanes) is 1. The van der Waals surface area contributed by atoms with Crippen molar-refractivity contribution in [3.05, 3.63) is 26.6 Å². The van der Waals surface area contributed by atoms with E-state index in [-0.39, 0.29) is 0 Å². The molecule has 102 valence electrons. The van der Waals surface area contributed by atoms with Crippen LogP contribution in [-0.2, 0) is 10.0 Å². The van der Waals surface area contributed by atoms with Crippen LogP contribution in [0.1, 0.15) is 25.3 Å². The highest BCUT2D eigenvalue weighted by atomic mass is 79.9. The molecule has 0 amide bonds. The quantitative estimate of drug-likeness (QED) is 0.753. The van der Waals surface area contributed by atoms with Gasteiger partial charge in [0.1, 0.15) is 0 Å². The molecular weight excluding hydrogens is 382 g/mol. The van der Waals surface area contributed by atoms with Crippen molar-refractivity contribution < 1.29 is 8.42 Å². The smallest absolute Gasteiger partial charge is 0.207 e. The van der Waals surface area contributed by atoms with Gasteiger partial charge in [0.2, 0.25) is 10.0 Å². The van der Waals surface area contributed by atoms with Crippen LogP contribution in [0.2, 0.25) is 0 Å². The Bertz CT molecular complexity index is 529. The van der Waals surface area contributed by atoms with Gasteiger partial charge in [0.25, 0.3) is 0 Å². The van der Waals surface area contributed by atoms with E-state index in [0.717, 1.165) is 22.9 Å². The lowest BCUT2D eigenvalue weighted by Crippen LogP contribution is -2.28. The predicted octanol–water partition coefficient (Wildman–Crippen LogP) is 3.94. The van der Waals surface area contributed by atoms with Gasteiger partial charge in [-0.2, -0.15) is 0 Å². The zero-order valence-corrected chi connectivity index (χ0v) is 14.7. The van der Waals surface area contributed by atoms with Crippen molar-refractivity contribution in [3.8, 4) is 0 Å². The molecule has 0 aliphatic heterocycles. The maximum absolute atomic E-state index is 12.4. The molecule has 0 bridgehead atoms. The van der Waals surface area contributed by atoms with E-state index in [1.54, 1.807) is 13.1 Å². The van der Waals surface area contributed by atoms with Crippen molar-refractivity contribution in [2.24, 2.45) is 0 Å². The first kappa shape index (κ1) is 16.1. The van der Waals surface area contributed by atoms with E-state index < -0.39 is 10.0 Å². The largest absolute Gasteiger partial charge is 0.243 e. The van der Waals surface area contributed by atoms with Crippen LogP contribution in [0.4, 0.5) is 0 Å². The van der Waals surface area contributed by atoms with Crippen LogP contribution < -0.4 is 0 Å². The molecule has 0 spiro atoms. The van der Waals surface area contributed by atoms with Crippen molar-refractivity contribution >= 4 is 41.9 Å². The standard InChI is InChI=1S/C12H17Br2NO2S/c1-4-5-6-15(3)18(16,17)12-8-10(13)9(2)7-11(12)14/h7-8H,4-6H2,1-3H3. The Morgan fingerprint density at radius 1 is 1.22 bits per heavy atom. The van der Waals surface area contributed by atoms with Gasteiger partial charge in [0.15, 0.2) is 0 Å². The van der Waals surface area contributed by atoms with E-state index >= 15 is 0 Å². The van der Waals surface area contributed by atoms with Crippen LogP contribution in [0.25, 0.3) is 0 Å². The molecule has 0 fully saturated rings. The summed E-state index contributed by atoms with van der Waals surface area (Å²) in [5.74, 6) is 0. The summed E-state index contributed by atoms with van der Waals surface area (Å²) in [6, 6.07) is 3.46. The fraction of sp³-hybridized carbons (Fsp3) is 0.500. The minimum Gasteiger partial charge on any atom is -0.207 e. The number of aryl methyl sites for hydroxylation is 1. The summed E-state index contributed by atoms with van der Waals surface area (Å²) < 4.78 is 27.6. The van der Waals surface area contributed by atoms with Crippen molar-refractivity contribution in [3.63, 3.8) is 0 Å². The number of nitrogens with zero attached hydrogens (tertiary/aromatic N) is 1. The molecule has 0 saturated carbocycles. The third-order valence-corrected chi connectivity index (χ3v) is 6.40. The molecule has 1 rings (SSSR count). The van der Waals surface area contributed by atoms with Gasteiger partial charge in [-0.15, -0.1) is 0 Å². The number of sulfonamides is 1. The lowest BCUT2D eigenvalue weighted by molar-refractivity contribution is 0.459. The fourth-order valence-electron chi connectivity index (χ4n) is 1.49. The maximum atomic E-state index is 12.4. The number of hydrogen-bond donors (Lipinski definition) is 0. The Morgan fingerprint density at radius 2 is 1.83 bits per heavy atom. The number of rotatable bonds is 5. The van der Waals surface area contributed by atoms with Crippen LogP contribution in [-0.4, -0.2) is 26.3 Å². The Morgan fingerprint density at radius 3 is 2.39 bits per heavy atom. The second kappa shape index (κ2) is 6.50. The SMILES string of the molecule is CCCCN(C)S(=O)(=O)c1cc(Br)c(C)cc1Br. The first-order chi connectivity index (χ1) is 8.30. The Balaban J connectivity index is 3.16. The van der Waals surface area contributed by atoms with E-state index in [9.17, 15) is 8.42 Å². The van der Waals surface area contributed by atoms with Gasteiger partial charge in [-0.25, -0.2) is 12.7 Å². The molecule has 18 heavy (non-hydrogen) atoms. The van der Waals surface area contributed by atoms with Gasteiger partial charge >= 0.3 is 0 Å². The molecule has 0 heterocycles. The lowest BCUT2D eigenvalue weighted by Gasteiger charge is -2.18. The minimum atomic E-state index is -3.42. The molecule has 0 atom stereocenters. The average molecular weight is 399 g/mol. The van der Waals surface area contributed by atoms with Crippen LogP contribution in [0.5, 0.6) is 0 Å². The van der Waals surface area contributed by atoms with Gasteiger partial charge in [-0.05, 0) is 47.0 Å². The van der Waals surface area contributed by atoms with Crippen LogP contribution >= 0.6 is 31.9 Å². The van der Waals surface area contributed by atoms with E-state index in [1.807, 2.05) is 19.9 Å². The van der Waals surface area contributed by atoms with Gasteiger partial charge in [-0.1, -0.05) is 29.3 Å². The first-order valence-corrected chi connectivity index (χ1v) is 8.75. The van der Waals surface area contributed by atoms with Gasteiger partial charge in [-0.3, -0.25) is 0 Å². The molecule has 0 aromatic heterocycles. The Labute approximate surface area is 126 Å². The van der Waals surface area contributed by atoms with Crippen LogP contribution in [0.3, 0.4) is 0 Å². The molecule has 1 aromatic rings. The molecule has 0 aliphatic rings. The Kier molecular flexibility index (Phi) is 5.83. The molecule has 0 aliphatic carbocycles. The van der Waals surface area contributed by atoms with Crippen molar-refractivity contribution in [2.75, 3.05) is 13.6 Å². The molecule has 6 heteroatoms. The second-order valence-electron chi connectivity index (χ2n) is 4.21. The normalized spacial score (nSPS) is 12.1. The molecule has 0 saturated heterocycles. The summed E-state index contributed by atoms with van der Waals surface area (Å²) in [7, 11) is -1.81. The van der Waals surface area contributed by atoms with Gasteiger partial charge in [0.05, 0.1) is 4.90 Å². The van der Waals surface area contributed by atoms with Gasteiger partial charge in [0, 0.05) is 22.5 Å². The molecule has 0 radical (unpaired) electrons. The van der Waals surface area contributed by atoms with E-state index in [2.05, 4.69) is 31.9 Å². The first-order valence-electron chi connectivity index (χ1n) is 5.72. The highest BCUT2D eigenvalue weighted by Crippen LogP contribution is 2.30. The summed E-state index contributed by atoms with van der Waals surface area (Å²) in [4.78, 5) is 0.304. The minimum absolute atomic E-state index is 0.304. The maximum Gasteiger partial charge on any atom is 0.243 e. The lowest BCUT2D eigenvalue weighted by atomic mass is 10.2. The number of halogens is 2. The summed E-state index contributed by atoms with van der Waals surface area (Å²) in [5, 5.41) is 0. The summed E-state index contributed by atoms with van der Waals surface area (Å²) in [6.45, 7) is 4.50. The molecule has 0 unspecified atom stereocenters. The second-order valence-corrected chi connectivity index (χ2v) is 7.93. The zero-order chi connectivity index (χ0) is 13.9. The van der Waals surface area contributed by atoms with E-state index in [4.69, 9.17) is 0 Å².